The van der Waals surface area contributed by atoms with Gasteiger partial charge in [-0.3, -0.25) is 4.57 Å². The van der Waals surface area contributed by atoms with Crippen LogP contribution in [0.1, 0.15) is 0 Å². The van der Waals surface area contributed by atoms with Gasteiger partial charge in [0, 0.05) is 55.0 Å². The standard InChI is InChI=1S/C44H26N4O/c1-2-12-27(13-3-1)43-45-34-18-8-4-15-31(34)44(46-43)48-36-20-10-6-17-33(36)42-38(48)25-24-37-41(42)32-16-5-9-19-35(32)47(37)28-22-23-30-29-14-7-11-21-39(29)49-40(30)26-28/h1-26H. The molecule has 0 spiro atoms. The molecule has 4 aromatic heterocycles. The van der Waals surface area contributed by atoms with E-state index in [9.17, 15) is 0 Å². The summed E-state index contributed by atoms with van der Waals surface area (Å²) in [5.74, 6) is 1.58. The fraction of sp³-hybridized carbons (Fsp3) is 0. The van der Waals surface area contributed by atoms with Gasteiger partial charge in [-0.15, -0.1) is 0 Å². The van der Waals surface area contributed by atoms with Crippen LogP contribution < -0.4 is 0 Å². The van der Waals surface area contributed by atoms with E-state index in [1.807, 2.05) is 36.4 Å². The van der Waals surface area contributed by atoms with Crippen molar-refractivity contribution in [3.05, 3.63) is 158 Å². The molecular formula is C44H26N4O. The largest absolute Gasteiger partial charge is 0.456 e. The molecule has 0 saturated heterocycles. The fourth-order valence-corrected chi connectivity index (χ4v) is 7.82. The van der Waals surface area contributed by atoms with Crippen LogP contribution >= 0.6 is 0 Å². The van der Waals surface area contributed by atoms with Gasteiger partial charge < -0.3 is 8.98 Å². The molecule has 0 aliphatic heterocycles. The molecule has 5 nitrogen and oxygen atoms in total. The minimum atomic E-state index is 0.707. The number of benzene rings is 7. The smallest absolute Gasteiger partial charge is 0.162 e. The Morgan fingerprint density at radius 3 is 1.78 bits per heavy atom. The predicted molar refractivity (Wildman–Crippen MR) is 201 cm³/mol. The quantitative estimate of drug-likeness (QED) is 0.196. The molecule has 0 radical (unpaired) electrons. The maximum atomic E-state index is 6.34. The van der Waals surface area contributed by atoms with Crippen molar-refractivity contribution in [3.63, 3.8) is 0 Å². The molecule has 0 aliphatic carbocycles. The number of nitrogens with zero attached hydrogens (tertiary/aromatic N) is 4. The van der Waals surface area contributed by atoms with Crippen molar-refractivity contribution in [1.29, 1.82) is 0 Å². The summed E-state index contributed by atoms with van der Waals surface area (Å²) in [4.78, 5) is 10.3. The van der Waals surface area contributed by atoms with Crippen LogP contribution in [0.5, 0.6) is 0 Å². The lowest BCUT2D eigenvalue weighted by atomic mass is 10.1. The molecule has 5 heteroatoms. The highest BCUT2D eigenvalue weighted by Gasteiger charge is 2.22. The molecule has 11 rings (SSSR count). The van der Waals surface area contributed by atoms with Crippen molar-refractivity contribution >= 4 is 76.5 Å². The van der Waals surface area contributed by atoms with E-state index in [0.29, 0.717) is 5.82 Å². The van der Waals surface area contributed by atoms with Gasteiger partial charge in [0.2, 0.25) is 0 Å². The van der Waals surface area contributed by atoms with Crippen LogP contribution in [0, 0.1) is 0 Å². The van der Waals surface area contributed by atoms with E-state index in [1.54, 1.807) is 0 Å². The van der Waals surface area contributed by atoms with Crippen molar-refractivity contribution in [2.75, 3.05) is 0 Å². The van der Waals surface area contributed by atoms with Crippen molar-refractivity contribution in [3.8, 4) is 22.9 Å². The summed E-state index contributed by atoms with van der Waals surface area (Å²) in [5, 5.41) is 8.07. The highest BCUT2D eigenvalue weighted by molar-refractivity contribution is 6.29. The van der Waals surface area contributed by atoms with E-state index in [2.05, 4.69) is 130 Å². The molecule has 0 amide bonds. The Balaban J connectivity index is 1.25. The molecule has 0 atom stereocenters. The van der Waals surface area contributed by atoms with Crippen LogP contribution in [0.3, 0.4) is 0 Å². The van der Waals surface area contributed by atoms with E-state index in [1.165, 1.54) is 21.5 Å². The summed E-state index contributed by atoms with van der Waals surface area (Å²) in [6.07, 6.45) is 0. The van der Waals surface area contributed by atoms with Crippen LogP contribution in [-0.4, -0.2) is 19.1 Å². The normalized spacial score (nSPS) is 12.1. The number of para-hydroxylation sites is 4. The maximum absolute atomic E-state index is 6.34. The van der Waals surface area contributed by atoms with Crippen LogP contribution in [-0.2, 0) is 0 Å². The van der Waals surface area contributed by atoms with Crippen molar-refractivity contribution in [2.24, 2.45) is 0 Å². The summed E-state index contributed by atoms with van der Waals surface area (Å²) < 4.78 is 11.0. The second kappa shape index (κ2) is 9.89. The zero-order valence-electron chi connectivity index (χ0n) is 26.2. The summed E-state index contributed by atoms with van der Waals surface area (Å²) >= 11 is 0. The third-order valence-corrected chi connectivity index (χ3v) is 9.92. The van der Waals surface area contributed by atoms with Gasteiger partial charge in [-0.25, -0.2) is 9.97 Å². The molecule has 0 N–H and O–H groups in total. The maximum Gasteiger partial charge on any atom is 0.162 e. The van der Waals surface area contributed by atoms with E-state index >= 15 is 0 Å². The van der Waals surface area contributed by atoms with Crippen molar-refractivity contribution in [1.82, 2.24) is 19.1 Å². The first kappa shape index (κ1) is 26.4. The molecule has 228 valence electrons. The van der Waals surface area contributed by atoms with Gasteiger partial charge >= 0.3 is 0 Å². The third kappa shape index (κ3) is 3.70. The van der Waals surface area contributed by atoms with Crippen LogP contribution in [0.15, 0.2) is 162 Å². The number of rotatable bonds is 3. The number of fused-ring (bicyclic) bond motifs is 11. The molecule has 0 saturated carbocycles. The van der Waals surface area contributed by atoms with Crippen molar-refractivity contribution < 1.29 is 4.42 Å². The van der Waals surface area contributed by atoms with E-state index < -0.39 is 0 Å². The Morgan fingerprint density at radius 1 is 0.408 bits per heavy atom. The summed E-state index contributed by atoms with van der Waals surface area (Å²) in [6.45, 7) is 0. The number of hydrogen-bond acceptors (Lipinski definition) is 3. The lowest BCUT2D eigenvalue weighted by Crippen LogP contribution is -2.02. The lowest BCUT2D eigenvalue weighted by molar-refractivity contribution is 0.668. The summed E-state index contributed by atoms with van der Waals surface area (Å²) in [5.41, 5.74) is 9.25. The van der Waals surface area contributed by atoms with E-state index in [-0.39, 0.29) is 0 Å². The number of aromatic nitrogens is 4. The Morgan fingerprint density at radius 2 is 1.00 bits per heavy atom. The fourth-order valence-electron chi connectivity index (χ4n) is 7.82. The van der Waals surface area contributed by atoms with Gasteiger partial charge in [-0.1, -0.05) is 97.1 Å². The molecule has 11 aromatic rings. The number of furan rings is 1. The predicted octanol–water partition coefficient (Wildman–Crippen LogP) is 11.4. The average molecular weight is 627 g/mol. The van der Waals surface area contributed by atoms with E-state index in [0.717, 1.165) is 72.0 Å². The first-order valence-corrected chi connectivity index (χ1v) is 16.5. The van der Waals surface area contributed by atoms with Crippen LogP contribution in [0.2, 0.25) is 0 Å². The Labute approximate surface area is 279 Å². The first-order chi connectivity index (χ1) is 24.3. The highest BCUT2D eigenvalue weighted by atomic mass is 16.3. The SMILES string of the molecule is c1ccc(-c2nc(-n3c4ccccc4c4c5c6ccccc6n(-c6ccc7c(c6)oc6ccccc67)c5ccc43)c3ccccc3n2)cc1. The molecule has 0 bridgehead atoms. The molecule has 0 fully saturated rings. The summed E-state index contributed by atoms with van der Waals surface area (Å²) in [7, 11) is 0. The van der Waals surface area contributed by atoms with Gasteiger partial charge in [0.1, 0.15) is 17.0 Å². The van der Waals surface area contributed by atoms with Gasteiger partial charge in [-0.05, 0) is 54.6 Å². The Kier molecular flexibility index (Phi) is 5.32. The van der Waals surface area contributed by atoms with Crippen LogP contribution in [0.4, 0.5) is 0 Å². The topological polar surface area (TPSA) is 48.8 Å². The molecule has 49 heavy (non-hydrogen) atoms. The van der Waals surface area contributed by atoms with Gasteiger partial charge in [0.25, 0.3) is 0 Å². The summed E-state index contributed by atoms with van der Waals surface area (Å²) in [6, 6.07) is 55.3. The monoisotopic (exact) mass is 626 g/mol. The third-order valence-electron chi connectivity index (χ3n) is 9.92. The highest BCUT2D eigenvalue weighted by Crippen LogP contribution is 2.43. The van der Waals surface area contributed by atoms with Gasteiger partial charge in [-0.2, -0.15) is 0 Å². The molecular weight excluding hydrogens is 601 g/mol. The minimum absolute atomic E-state index is 0.707. The first-order valence-electron chi connectivity index (χ1n) is 16.5. The zero-order chi connectivity index (χ0) is 32.1. The Hall–Kier alpha value is -6.72. The molecule has 4 heterocycles. The van der Waals surface area contributed by atoms with Crippen LogP contribution in [0.25, 0.3) is 99.3 Å². The van der Waals surface area contributed by atoms with E-state index in [4.69, 9.17) is 14.4 Å². The molecule has 0 unspecified atom stereocenters. The minimum Gasteiger partial charge on any atom is -0.456 e. The number of hydrogen-bond donors (Lipinski definition) is 0. The zero-order valence-corrected chi connectivity index (χ0v) is 26.2. The molecule has 7 aromatic carbocycles. The van der Waals surface area contributed by atoms with Gasteiger partial charge in [0.05, 0.1) is 27.6 Å². The van der Waals surface area contributed by atoms with Gasteiger partial charge in [0.15, 0.2) is 5.82 Å². The lowest BCUT2D eigenvalue weighted by Gasteiger charge is -2.13. The average Bonchev–Trinajstić information content (AvgIpc) is 3.82. The second-order valence-electron chi connectivity index (χ2n) is 12.6. The van der Waals surface area contributed by atoms with Crippen molar-refractivity contribution in [2.45, 2.75) is 0 Å². The molecule has 0 aliphatic rings. The Bertz CT molecular complexity index is 3110. The second-order valence-corrected chi connectivity index (χ2v) is 12.6.